The fraction of sp³-hybridized carbons (Fsp3) is 0.154. The number of halogens is 2. The van der Waals surface area contributed by atoms with Gasteiger partial charge in [0, 0.05) is 0 Å². The van der Waals surface area contributed by atoms with Crippen molar-refractivity contribution < 1.29 is 19.0 Å². The van der Waals surface area contributed by atoms with Crippen LogP contribution in [0.2, 0.25) is 5.02 Å². The number of benzene rings is 1. The lowest BCUT2D eigenvalue weighted by atomic mass is 10.2. The maximum Gasteiger partial charge on any atom is 0.335 e. The summed E-state index contributed by atoms with van der Waals surface area (Å²) in [5, 5.41) is 8.88. The number of aryl methyl sites for hydroxylation is 1. The molecular weight excluding hydrogens is 287 g/mol. The Bertz CT molecular complexity index is 664. The summed E-state index contributed by atoms with van der Waals surface area (Å²) in [7, 11) is 0. The molecule has 2 aromatic rings. The van der Waals surface area contributed by atoms with Crippen LogP contribution in [0.5, 0.6) is 11.6 Å². The summed E-state index contributed by atoms with van der Waals surface area (Å²) < 4.78 is 19.2. The van der Waals surface area contributed by atoms with Gasteiger partial charge in [-0.2, -0.15) is 9.37 Å². The SMILES string of the molecule is CCc1ncnc(Oc2ccc(C(=O)O)cc2Cl)c1F. The van der Waals surface area contributed by atoms with Crippen LogP contribution in [0.3, 0.4) is 0 Å². The number of aromatic carboxylic acids is 1. The number of hydrogen-bond donors (Lipinski definition) is 1. The van der Waals surface area contributed by atoms with Crippen molar-refractivity contribution in [3.05, 3.63) is 46.6 Å². The summed E-state index contributed by atoms with van der Waals surface area (Å²) in [6.07, 6.45) is 1.59. The topological polar surface area (TPSA) is 72.3 Å². The molecule has 0 aliphatic rings. The Morgan fingerprint density at radius 3 is 2.80 bits per heavy atom. The zero-order valence-electron chi connectivity index (χ0n) is 10.4. The van der Waals surface area contributed by atoms with Crippen molar-refractivity contribution in [3.8, 4) is 11.6 Å². The molecule has 0 saturated carbocycles. The number of carboxylic acids is 1. The van der Waals surface area contributed by atoms with E-state index in [2.05, 4.69) is 9.97 Å². The van der Waals surface area contributed by atoms with Crippen molar-refractivity contribution in [2.75, 3.05) is 0 Å². The van der Waals surface area contributed by atoms with Crippen LogP contribution >= 0.6 is 11.6 Å². The third-order valence-corrected chi connectivity index (χ3v) is 2.85. The Labute approximate surface area is 119 Å². The van der Waals surface area contributed by atoms with Gasteiger partial charge in [0.05, 0.1) is 16.3 Å². The van der Waals surface area contributed by atoms with E-state index < -0.39 is 11.8 Å². The zero-order valence-corrected chi connectivity index (χ0v) is 11.2. The average Bonchev–Trinajstić information content (AvgIpc) is 2.43. The molecule has 1 heterocycles. The first-order valence-electron chi connectivity index (χ1n) is 5.73. The average molecular weight is 297 g/mol. The Hall–Kier alpha value is -2.21. The molecule has 0 unspecified atom stereocenters. The van der Waals surface area contributed by atoms with Crippen LogP contribution in [0.1, 0.15) is 23.0 Å². The first kappa shape index (κ1) is 14.2. The lowest BCUT2D eigenvalue weighted by molar-refractivity contribution is 0.0697. The molecule has 0 fully saturated rings. The van der Waals surface area contributed by atoms with E-state index in [1.54, 1.807) is 6.92 Å². The van der Waals surface area contributed by atoms with E-state index in [-0.39, 0.29) is 27.9 Å². The van der Waals surface area contributed by atoms with E-state index in [0.717, 1.165) is 0 Å². The Morgan fingerprint density at radius 2 is 2.20 bits per heavy atom. The minimum atomic E-state index is -1.11. The number of carboxylic acid groups (broad SMARTS) is 1. The fourth-order valence-electron chi connectivity index (χ4n) is 1.53. The Kier molecular flexibility index (Phi) is 4.14. The largest absolute Gasteiger partial charge is 0.478 e. The fourth-order valence-corrected chi connectivity index (χ4v) is 1.75. The lowest BCUT2D eigenvalue weighted by Crippen LogP contribution is -2.00. The first-order chi connectivity index (χ1) is 9.52. The highest BCUT2D eigenvalue weighted by molar-refractivity contribution is 6.32. The van der Waals surface area contributed by atoms with E-state index >= 15 is 0 Å². The highest BCUT2D eigenvalue weighted by atomic mass is 35.5. The molecule has 0 bridgehead atoms. The van der Waals surface area contributed by atoms with E-state index in [1.165, 1.54) is 24.5 Å². The number of ether oxygens (including phenoxy) is 1. The molecule has 104 valence electrons. The van der Waals surface area contributed by atoms with Crippen molar-refractivity contribution in [1.29, 1.82) is 0 Å². The highest BCUT2D eigenvalue weighted by Gasteiger charge is 2.14. The van der Waals surface area contributed by atoms with E-state index in [1.807, 2.05) is 0 Å². The molecular formula is C13H10ClFN2O3. The van der Waals surface area contributed by atoms with Gasteiger partial charge in [-0.3, -0.25) is 0 Å². The van der Waals surface area contributed by atoms with Gasteiger partial charge in [0.1, 0.15) is 12.1 Å². The molecule has 0 amide bonds. The van der Waals surface area contributed by atoms with Crippen LogP contribution in [-0.2, 0) is 6.42 Å². The molecule has 0 atom stereocenters. The van der Waals surface area contributed by atoms with Gasteiger partial charge in [0.25, 0.3) is 5.88 Å². The third kappa shape index (κ3) is 2.85. The standard InChI is InChI=1S/C13H10ClFN2O3/c1-2-9-11(15)12(17-6-16-9)20-10-4-3-7(13(18)19)5-8(10)14/h3-6H,2H2,1H3,(H,18,19). The van der Waals surface area contributed by atoms with Crippen LogP contribution in [0.15, 0.2) is 24.5 Å². The summed E-state index contributed by atoms with van der Waals surface area (Å²) in [6, 6.07) is 3.88. The quantitative estimate of drug-likeness (QED) is 0.937. The number of hydrogen-bond acceptors (Lipinski definition) is 4. The molecule has 20 heavy (non-hydrogen) atoms. The molecule has 0 aliphatic carbocycles. The molecule has 5 nitrogen and oxygen atoms in total. The number of rotatable bonds is 4. The summed E-state index contributed by atoms with van der Waals surface area (Å²) in [5.41, 5.74) is 0.244. The molecule has 0 saturated heterocycles. The minimum Gasteiger partial charge on any atom is -0.478 e. The van der Waals surface area contributed by atoms with Gasteiger partial charge in [-0.15, -0.1) is 0 Å². The summed E-state index contributed by atoms with van der Waals surface area (Å²) in [5.74, 6) is -1.90. The molecule has 0 aliphatic heterocycles. The lowest BCUT2D eigenvalue weighted by Gasteiger charge is -2.09. The molecule has 1 aromatic carbocycles. The second kappa shape index (κ2) is 5.83. The van der Waals surface area contributed by atoms with Gasteiger partial charge in [-0.05, 0) is 24.6 Å². The van der Waals surface area contributed by atoms with Crippen molar-refractivity contribution in [1.82, 2.24) is 9.97 Å². The maximum atomic E-state index is 13.9. The van der Waals surface area contributed by atoms with Crippen molar-refractivity contribution in [2.45, 2.75) is 13.3 Å². The third-order valence-electron chi connectivity index (χ3n) is 2.55. The predicted molar refractivity (Wildman–Crippen MR) is 69.9 cm³/mol. The second-order valence-electron chi connectivity index (χ2n) is 3.85. The molecule has 1 aromatic heterocycles. The number of nitrogens with zero attached hydrogens (tertiary/aromatic N) is 2. The monoisotopic (exact) mass is 296 g/mol. The number of carbonyl (C=O) groups is 1. The van der Waals surface area contributed by atoms with Gasteiger partial charge in [0.15, 0.2) is 0 Å². The van der Waals surface area contributed by atoms with Gasteiger partial charge in [0.2, 0.25) is 5.82 Å². The van der Waals surface area contributed by atoms with Gasteiger partial charge >= 0.3 is 5.97 Å². The molecule has 1 N–H and O–H groups in total. The van der Waals surface area contributed by atoms with Gasteiger partial charge < -0.3 is 9.84 Å². The molecule has 0 spiro atoms. The number of aromatic nitrogens is 2. The first-order valence-corrected chi connectivity index (χ1v) is 6.10. The maximum absolute atomic E-state index is 13.9. The van der Waals surface area contributed by atoms with Crippen LogP contribution in [0, 0.1) is 5.82 Å². The van der Waals surface area contributed by atoms with Crippen molar-refractivity contribution in [3.63, 3.8) is 0 Å². The zero-order chi connectivity index (χ0) is 14.7. The molecule has 2 rings (SSSR count). The summed E-state index contributed by atoms with van der Waals surface area (Å²) in [4.78, 5) is 18.3. The van der Waals surface area contributed by atoms with Crippen LogP contribution in [0.4, 0.5) is 4.39 Å². The highest BCUT2D eigenvalue weighted by Crippen LogP contribution is 2.30. The minimum absolute atomic E-state index is 0.0137. The summed E-state index contributed by atoms with van der Waals surface area (Å²) in [6.45, 7) is 1.75. The van der Waals surface area contributed by atoms with E-state index in [4.69, 9.17) is 21.4 Å². The van der Waals surface area contributed by atoms with Crippen LogP contribution in [-0.4, -0.2) is 21.0 Å². The second-order valence-corrected chi connectivity index (χ2v) is 4.25. The van der Waals surface area contributed by atoms with E-state index in [0.29, 0.717) is 6.42 Å². The van der Waals surface area contributed by atoms with E-state index in [9.17, 15) is 9.18 Å². The van der Waals surface area contributed by atoms with Crippen molar-refractivity contribution in [2.24, 2.45) is 0 Å². The smallest absolute Gasteiger partial charge is 0.335 e. The Morgan fingerprint density at radius 1 is 1.45 bits per heavy atom. The van der Waals surface area contributed by atoms with Gasteiger partial charge in [-0.1, -0.05) is 18.5 Å². The van der Waals surface area contributed by atoms with Crippen LogP contribution < -0.4 is 4.74 Å². The Balaban J connectivity index is 2.33. The summed E-state index contributed by atoms with van der Waals surface area (Å²) >= 11 is 5.90. The molecule has 0 radical (unpaired) electrons. The normalized spacial score (nSPS) is 10.3. The molecule has 7 heteroatoms. The van der Waals surface area contributed by atoms with Gasteiger partial charge in [-0.25, -0.2) is 9.78 Å². The predicted octanol–water partition coefficient (Wildman–Crippen LogP) is 3.32. The van der Waals surface area contributed by atoms with Crippen molar-refractivity contribution >= 4 is 17.6 Å². The van der Waals surface area contributed by atoms with Crippen LogP contribution in [0.25, 0.3) is 0 Å².